The van der Waals surface area contributed by atoms with Crippen LogP contribution >= 0.6 is 0 Å². The molecule has 0 aromatic heterocycles. The van der Waals surface area contributed by atoms with Gasteiger partial charge >= 0.3 is 0 Å². The molecule has 1 fully saturated rings. The lowest BCUT2D eigenvalue weighted by Crippen LogP contribution is -2.48. The van der Waals surface area contributed by atoms with Crippen molar-refractivity contribution in [2.45, 2.75) is 29.9 Å². The first-order valence-electron chi connectivity index (χ1n) is 6.52. The monoisotopic (exact) mass is 265 g/mol. The topological polar surface area (TPSA) is 46.2 Å². The van der Waals surface area contributed by atoms with Crippen molar-refractivity contribution in [2.24, 2.45) is 0 Å². The molecule has 1 N–H and O–H groups in total. The third-order valence-electron chi connectivity index (χ3n) is 4.59. The first-order valence-corrected chi connectivity index (χ1v) is 8.47. The predicted molar refractivity (Wildman–Crippen MR) is 72.6 cm³/mol. The van der Waals surface area contributed by atoms with Gasteiger partial charge in [-0.3, -0.25) is 0 Å². The molecule has 18 heavy (non-hydrogen) atoms. The van der Waals surface area contributed by atoms with E-state index >= 15 is 0 Å². The minimum atomic E-state index is -3.01. The van der Waals surface area contributed by atoms with Crippen molar-refractivity contribution in [1.29, 1.82) is 0 Å². The van der Waals surface area contributed by atoms with Gasteiger partial charge in [-0.15, -0.1) is 0 Å². The lowest BCUT2D eigenvalue weighted by molar-refractivity contribution is 0.307. The van der Waals surface area contributed by atoms with E-state index in [1.165, 1.54) is 17.4 Å². The summed E-state index contributed by atoms with van der Waals surface area (Å²) in [6.45, 7) is 1.83. The van der Waals surface area contributed by atoms with Crippen molar-refractivity contribution in [3.8, 4) is 0 Å². The van der Waals surface area contributed by atoms with Crippen LogP contribution in [0.3, 0.4) is 0 Å². The number of rotatable bonds is 1. The maximum atomic E-state index is 12.2. The first-order chi connectivity index (χ1) is 8.54. The Hall–Kier alpha value is -0.870. The highest BCUT2D eigenvalue weighted by atomic mass is 32.2. The van der Waals surface area contributed by atoms with Gasteiger partial charge in [0, 0.05) is 11.7 Å². The molecule has 98 valence electrons. The number of hydrogen-bond donors (Lipinski definition) is 1. The normalized spacial score (nSPS) is 26.2. The molecule has 0 bridgehead atoms. The van der Waals surface area contributed by atoms with Crippen LogP contribution in [0.4, 0.5) is 0 Å². The second-order valence-electron chi connectivity index (χ2n) is 5.59. The molecule has 1 saturated heterocycles. The molecule has 1 atom stereocenters. The molecule has 1 aromatic carbocycles. The predicted octanol–water partition coefficient (Wildman–Crippen LogP) is 1.28. The van der Waals surface area contributed by atoms with Crippen LogP contribution in [-0.4, -0.2) is 33.0 Å². The van der Waals surface area contributed by atoms with Gasteiger partial charge in [0.25, 0.3) is 0 Å². The molecule has 1 unspecified atom stereocenters. The SMILES string of the molecule is CS(=O)(=O)C1Cc2ccccc2C12CCNCC2. The summed E-state index contributed by atoms with van der Waals surface area (Å²) in [5.74, 6) is 0. The summed E-state index contributed by atoms with van der Waals surface area (Å²) in [7, 11) is -3.01. The summed E-state index contributed by atoms with van der Waals surface area (Å²) >= 11 is 0. The number of hydrogen-bond acceptors (Lipinski definition) is 3. The van der Waals surface area contributed by atoms with E-state index in [4.69, 9.17) is 0 Å². The largest absolute Gasteiger partial charge is 0.317 e. The number of benzene rings is 1. The van der Waals surface area contributed by atoms with Crippen molar-refractivity contribution < 1.29 is 8.42 Å². The van der Waals surface area contributed by atoms with E-state index in [-0.39, 0.29) is 10.7 Å². The molecule has 3 rings (SSSR count). The lowest BCUT2D eigenvalue weighted by atomic mass is 9.74. The summed E-state index contributed by atoms with van der Waals surface area (Å²) in [5, 5.41) is 3.11. The second kappa shape index (κ2) is 4.07. The Balaban J connectivity index is 2.15. The van der Waals surface area contributed by atoms with Gasteiger partial charge in [0.05, 0.1) is 5.25 Å². The standard InChI is InChI=1S/C14H19NO2S/c1-18(16,17)13-10-11-4-2-3-5-12(11)14(13)6-8-15-9-7-14/h2-5,13,15H,6-10H2,1H3. The molecule has 1 aliphatic heterocycles. The highest BCUT2D eigenvalue weighted by Gasteiger charge is 2.51. The van der Waals surface area contributed by atoms with Crippen molar-refractivity contribution >= 4 is 9.84 Å². The van der Waals surface area contributed by atoms with Crippen LogP contribution in [0.25, 0.3) is 0 Å². The summed E-state index contributed by atoms with van der Waals surface area (Å²) < 4.78 is 24.3. The zero-order chi connectivity index (χ0) is 12.8. The molecule has 1 aromatic rings. The quantitative estimate of drug-likeness (QED) is 0.832. The van der Waals surface area contributed by atoms with Crippen LogP contribution < -0.4 is 5.32 Å². The highest BCUT2D eigenvalue weighted by Crippen LogP contribution is 2.47. The molecule has 1 heterocycles. The molecule has 0 amide bonds. The van der Waals surface area contributed by atoms with E-state index in [9.17, 15) is 8.42 Å². The lowest BCUT2D eigenvalue weighted by Gasteiger charge is -2.39. The number of sulfone groups is 1. The Bertz CT molecular complexity index is 559. The molecule has 1 spiro atoms. The van der Waals surface area contributed by atoms with E-state index in [2.05, 4.69) is 17.4 Å². The van der Waals surface area contributed by atoms with Crippen LogP contribution in [0.5, 0.6) is 0 Å². The maximum Gasteiger partial charge on any atom is 0.151 e. The van der Waals surface area contributed by atoms with Gasteiger partial charge in [-0.25, -0.2) is 8.42 Å². The smallest absolute Gasteiger partial charge is 0.151 e. The molecule has 1 aliphatic carbocycles. The minimum Gasteiger partial charge on any atom is -0.317 e. The van der Waals surface area contributed by atoms with Gasteiger partial charge in [0.2, 0.25) is 0 Å². The van der Waals surface area contributed by atoms with Gasteiger partial charge in [0.1, 0.15) is 0 Å². The second-order valence-corrected chi connectivity index (χ2v) is 7.81. The minimum absolute atomic E-state index is 0.143. The van der Waals surface area contributed by atoms with Crippen molar-refractivity contribution in [2.75, 3.05) is 19.3 Å². The molecule has 2 aliphatic rings. The third kappa shape index (κ3) is 1.70. The van der Waals surface area contributed by atoms with E-state index < -0.39 is 9.84 Å². The van der Waals surface area contributed by atoms with Crippen LogP contribution in [0, 0.1) is 0 Å². The Morgan fingerprint density at radius 2 is 1.89 bits per heavy atom. The molecular formula is C14H19NO2S. The van der Waals surface area contributed by atoms with E-state index in [0.717, 1.165) is 25.9 Å². The van der Waals surface area contributed by atoms with Gasteiger partial charge in [-0.1, -0.05) is 24.3 Å². The Morgan fingerprint density at radius 1 is 1.22 bits per heavy atom. The molecular weight excluding hydrogens is 246 g/mol. The molecule has 4 heteroatoms. The van der Waals surface area contributed by atoms with Crippen LogP contribution in [0.15, 0.2) is 24.3 Å². The van der Waals surface area contributed by atoms with Crippen molar-refractivity contribution in [3.63, 3.8) is 0 Å². The van der Waals surface area contributed by atoms with Gasteiger partial charge in [-0.2, -0.15) is 0 Å². The Morgan fingerprint density at radius 3 is 2.56 bits per heavy atom. The number of piperidine rings is 1. The summed E-state index contributed by atoms with van der Waals surface area (Å²) in [5.41, 5.74) is 2.37. The maximum absolute atomic E-state index is 12.2. The summed E-state index contributed by atoms with van der Waals surface area (Å²) in [6, 6.07) is 8.27. The van der Waals surface area contributed by atoms with Gasteiger partial charge in [0.15, 0.2) is 9.84 Å². The van der Waals surface area contributed by atoms with Crippen LogP contribution in [-0.2, 0) is 21.7 Å². The molecule has 0 saturated carbocycles. The highest BCUT2D eigenvalue weighted by molar-refractivity contribution is 7.91. The number of fused-ring (bicyclic) bond motifs is 2. The zero-order valence-corrected chi connectivity index (χ0v) is 11.5. The zero-order valence-electron chi connectivity index (χ0n) is 10.6. The molecule has 3 nitrogen and oxygen atoms in total. The van der Waals surface area contributed by atoms with Gasteiger partial charge in [-0.05, 0) is 43.5 Å². The fraction of sp³-hybridized carbons (Fsp3) is 0.571. The fourth-order valence-corrected chi connectivity index (χ4v) is 5.44. The Labute approximate surface area is 109 Å². The summed E-state index contributed by atoms with van der Waals surface area (Å²) in [6.07, 6.45) is 3.95. The summed E-state index contributed by atoms with van der Waals surface area (Å²) in [4.78, 5) is 0. The average molecular weight is 265 g/mol. The van der Waals surface area contributed by atoms with Crippen molar-refractivity contribution in [3.05, 3.63) is 35.4 Å². The van der Waals surface area contributed by atoms with E-state index in [0.29, 0.717) is 6.42 Å². The van der Waals surface area contributed by atoms with Gasteiger partial charge < -0.3 is 5.32 Å². The van der Waals surface area contributed by atoms with Crippen LogP contribution in [0.1, 0.15) is 24.0 Å². The van der Waals surface area contributed by atoms with E-state index in [1.807, 2.05) is 12.1 Å². The average Bonchev–Trinajstić information content (AvgIpc) is 2.66. The van der Waals surface area contributed by atoms with Crippen molar-refractivity contribution in [1.82, 2.24) is 5.32 Å². The fourth-order valence-electron chi connectivity index (χ4n) is 3.78. The number of nitrogens with one attached hydrogen (secondary N) is 1. The Kier molecular flexibility index (Phi) is 2.75. The van der Waals surface area contributed by atoms with Crippen LogP contribution in [0.2, 0.25) is 0 Å². The van der Waals surface area contributed by atoms with E-state index in [1.54, 1.807) is 0 Å². The first kappa shape index (κ1) is 12.2. The molecule has 0 radical (unpaired) electrons. The third-order valence-corrected chi connectivity index (χ3v) is 6.24.